The summed E-state index contributed by atoms with van der Waals surface area (Å²) in [5.74, 6) is -2.03. The number of fused-ring (bicyclic) bond motifs is 2. The van der Waals surface area contributed by atoms with Gasteiger partial charge in [0.2, 0.25) is 0 Å². The first-order chi connectivity index (χ1) is 14.4. The van der Waals surface area contributed by atoms with Crippen LogP contribution in [0.25, 0.3) is 0 Å². The first-order valence-electron chi connectivity index (χ1n) is 9.38. The van der Waals surface area contributed by atoms with Gasteiger partial charge in [0.15, 0.2) is 21.3 Å². The molecule has 4 rings (SSSR count). The number of hydrogen-bond acceptors (Lipinski definition) is 6. The maximum atomic E-state index is 14.0. The van der Waals surface area contributed by atoms with Crippen molar-refractivity contribution < 1.29 is 22.3 Å². The molecule has 0 radical (unpaired) electrons. The van der Waals surface area contributed by atoms with Crippen molar-refractivity contribution in [2.75, 3.05) is 17.7 Å². The van der Waals surface area contributed by atoms with Gasteiger partial charge in [0.25, 0.3) is 5.91 Å². The molecule has 2 aromatic rings. The van der Waals surface area contributed by atoms with E-state index in [1.807, 2.05) is 0 Å². The summed E-state index contributed by atoms with van der Waals surface area (Å²) in [6.07, 6.45) is 1.17. The fourth-order valence-electron chi connectivity index (χ4n) is 3.72. The summed E-state index contributed by atoms with van der Waals surface area (Å²) in [6, 6.07) is 5.93. The minimum Gasteiger partial charge on any atom is -0.374 e. The second kappa shape index (κ2) is 7.25. The topological polar surface area (TPSA) is 121 Å². The lowest BCUT2D eigenvalue weighted by Crippen LogP contribution is -2.67. The number of sulfone groups is 1. The van der Waals surface area contributed by atoms with Crippen molar-refractivity contribution in [3.8, 4) is 0 Å². The number of anilines is 1. The molecule has 0 unspecified atom stereocenters. The number of amidine groups is 1. The lowest BCUT2D eigenvalue weighted by molar-refractivity contribution is 0.0513. The summed E-state index contributed by atoms with van der Waals surface area (Å²) >= 11 is 5.68. The van der Waals surface area contributed by atoms with Gasteiger partial charge in [0.05, 0.1) is 24.0 Å². The lowest BCUT2D eigenvalue weighted by atomic mass is 9.85. The van der Waals surface area contributed by atoms with Gasteiger partial charge in [-0.3, -0.25) is 10.2 Å². The van der Waals surface area contributed by atoms with E-state index in [0.29, 0.717) is 11.3 Å². The first kappa shape index (κ1) is 21.7. The standard InChI is InChI=1S/C20H20ClFN4O4S/c1-19(2)18(23)26-20(10-31(19,28)29)9-30-8-11-3-4-13(6-14(11)20)25-17(27)16-15(22)5-12(21)7-24-16/h3-7H,8-10H2,1-2H3,(H2,23,26)(H,25,27)/t20-/m0/s1. The van der Waals surface area contributed by atoms with Crippen LogP contribution in [0.4, 0.5) is 10.1 Å². The number of aromatic nitrogens is 1. The Morgan fingerprint density at radius 1 is 1.35 bits per heavy atom. The maximum absolute atomic E-state index is 14.0. The zero-order valence-corrected chi connectivity index (χ0v) is 18.3. The highest BCUT2D eigenvalue weighted by molar-refractivity contribution is 7.93. The van der Waals surface area contributed by atoms with Crippen LogP contribution in [0, 0.1) is 11.2 Å². The van der Waals surface area contributed by atoms with Gasteiger partial charge in [0.1, 0.15) is 16.1 Å². The Kier molecular flexibility index (Phi) is 5.07. The van der Waals surface area contributed by atoms with E-state index in [0.717, 1.165) is 11.6 Å². The molecule has 2 aliphatic heterocycles. The summed E-state index contributed by atoms with van der Waals surface area (Å²) in [5, 5.41) is 14.0. The van der Waals surface area contributed by atoms with Gasteiger partial charge < -0.3 is 15.4 Å². The Balaban J connectivity index is 1.70. The van der Waals surface area contributed by atoms with Crippen LogP contribution in [-0.2, 0) is 26.7 Å². The van der Waals surface area contributed by atoms with Crippen LogP contribution in [0.1, 0.15) is 35.5 Å². The number of amides is 1. The molecule has 1 saturated heterocycles. The maximum Gasteiger partial charge on any atom is 0.277 e. The largest absolute Gasteiger partial charge is 0.374 e. The van der Waals surface area contributed by atoms with Gasteiger partial charge in [-0.05, 0) is 43.2 Å². The third-order valence-electron chi connectivity index (χ3n) is 5.69. The van der Waals surface area contributed by atoms with Gasteiger partial charge >= 0.3 is 0 Å². The number of benzene rings is 1. The number of rotatable bonds is 2. The normalized spacial score (nSPS) is 23.7. The fourth-order valence-corrected chi connectivity index (χ4v) is 5.55. The highest BCUT2D eigenvalue weighted by Crippen LogP contribution is 2.39. The Bertz CT molecular complexity index is 1220. The summed E-state index contributed by atoms with van der Waals surface area (Å²) in [5.41, 5.74) is 0.0859. The number of nitrogens with one attached hydrogen (secondary N) is 3. The summed E-state index contributed by atoms with van der Waals surface area (Å²) in [6.45, 7) is 3.28. The molecule has 164 valence electrons. The smallest absolute Gasteiger partial charge is 0.277 e. The number of carbonyl (C=O) groups is 1. The second-order valence-corrected chi connectivity index (χ2v) is 11.1. The molecule has 1 spiro atoms. The zero-order chi connectivity index (χ0) is 22.6. The molecule has 3 heterocycles. The van der Waals surface area contributed by atoms with Crippen LogP contribution in [-0.4, -0.2) is 42.3 Å². The molecule has 11 heteroatoms. The van der Waals surface area contributed by atoms with Gasteiger partial charge in [-0.25, -0.2) is 17.8 Å². The number of nitrogens with zero attached hydrogens (tertiary/aromatic N) is 1. The van der Waals surface area contributed by atoms with Crippen LogP contribution >= 0.6 is 11.6 Å². The first-order valence-corrected chi connectivity index (χ1v) is 11.4. The molecule has 0 saturated carbocycles. The van der Waals surface area contributed by atoms with Crippen LogP contribution in [0.3, 0.4) is 0 Å². The van der Waals surface area contributed by atoms with Crippen molar-refractivity contribution in [3.63, 3.8) is 0 Å². The predicted molar refractivity (Wildman–Crippen MR) is 114 cm³/mol. The number of halogens is 2. The van der Waals surface area contributed by atoms with Crippen molar-refractivity contribution >= 4 is 38.9 Å². The van der Waals surface area contributed by atoms with Crippen LogP contribution in [0.2, 0.25) is 5.02 Å². The van der Waals surface area contributed by atoms with E-state index < -0.39 is 37.5 Å². The van der Waals surface area contributed by atoms with Crippen molar-refractivity contribution in [2.45, 2.75) is 30.7 Å². The lowest BCUT2D eigenvalue weighted by Gasteiger charge is -2.47. The van der Waals surface area contributed by atoms with Gasteiger partial charge in [-0.15, -0.1) is 0 Å². The molecule has 1 aromatic heterocycles. The molecule has 8 nitrogen and oxygen atoms in total. The zero-order valence-electron chi connectivity index (χ0n) is 16.8. The summed E-state index contributed by atoms with van der Waals surface area (Å²) in [7, 11) is -3.68. The monoisotopic (exact) mass is 466 g/mol. The van der Waals surface area contributed by atoms with E-state index in [1.165, 1.54) is 20.0 Å². The number of carbonyl (C=O) groups excluding carboxylic acids is 1. The summed E-state index contributed by atoms with van der Waals surface area (Å²) in [4.78, 5) is 16.2. The third kappa shape index (κ3) is 3.58. The second-order valence-electron chi connectivity index (χ2n) is 8.15. The molecular formula is C20H20ClFN4O4S. The predicted octanol–water partition coefficient (Wildman–Crippen LogP) is 2.63. The molecule has 0 aliphatic carbocycles. The molecular weight excluding hydrogens is 447 g/mol. The van der Waals surface area contributed by atoms with Gasteiger partial charge in [-0.2, -0.15) is 0 Å². The molecule has 1 aromatic carbocycles. The van der Waals surface area contributed by atoms with Crippen molar-refractivity contribution in [1.82, 2.24) is 10.3 Å². The van der Waals surface area contributed by atoms with Crippen molar-refractivity contribution in [1.29, 1.82) is 5.41 Å². The fraction of sp³-hybridized carbons (Fsp3) is 0.350. The van der Waals surface area contributed by atoms with E-state index in [2.05, 4.69) is 15.6 Å². The number of pyridine rings is 1. The Labute approximate surface area is 183 Å². The van der Waals surface area contributed by atoms with E-state index >= 15 is 0 Å². The third-order valence-corrected chi connectivity index (χ3v) is 8.53. The van der Waals surface area contributed by atoms with E-state index in [1.54, 1.807) is 18.2 Å². The minimum absolute atomic E-state index is 0.0441. The molecule has 3 N–H and O–H groups in total. The quantitative estimate of drug-likeness (QED) is 0.625. The van der Waals surface area contributed by atoms with E-state index in [-0.39, 0.29) is 29.8 Å². The number of ether oxygens (including phenoxy) is 1. The minimum atomic E-state index is -3.68. The molecule has 0 bridgehead atoms. The highest BCUT2D eigenvalue weighted by Gasteiger charge is 2.54. The molecule has 2 aliphatic rings. The Morgan fingerprint density at radius 2 is 2.10 bits per heavy atom. The molecule has 31 heavy (non-hydrogen) atoms. The average Bonchev–Trinajstić information content (AvgIpc) is 2.67. The molecule has 1 fully saturated rings. The van der Waals surface area contributed by atoms with Crippen LogP contribution in [0.5, 0.6) is 0 Å². The van der Waals surface area contributed by atoms with Crippen LogP contribution in [0.15, 0.2) is 30.5 Å². The van der Waals surface area contributed by atoms with E-state index in [9.17, 15) is 17.6 Å². The van der Waals surface area contributed by atoms with Crippen molar-refractivity contribution in [2.24, 2.45) is 0 Å². The van der Waals surface area contributed by atoms with Crippen LogP contribution < -0.4 is 10.6 Å². The SMILES string of the molecule is CC1(C)C(=N)N[C@@]2(COCc3ccc(NC(=O)c4ncc(Cl)cc4F)cc32)CS1(=O)=O. The Morgan fingerprint density at radius 3 is 2.77 bits per heavy atom. The summed E-state index contributed by atoms with van der Waals surface area (Å²) < 4.78 is 44.2. The molecule has 1 atom stereocenters. The average molecular weight is 467 g/mol. The van der Waals surface area contributed by atoms with Gasteiger partial charge in [-0.1, -0.05) is 17.7 Å². The van der Waals surface area contributed by atoms with E-state index in [4.69, 9.17) is 21.7 Å². The number of hydrogen-bond donors (Lipinski definition) is 3. The Hall–Kier alpha value is -2.56. The molecule has 1 amide bonds. The highest BCUT2D eigenvalue weighted by atomic mass is 35.5. The van der Waals surface area contributed by atoms with Gasteiger partial charge in [0, 0.05) is 11.9 Å². The van der Waals surface area contributed by atoms with Crippen molar-refractivity contribution in [3.05, 3.63) is 58.1 Å².